The van der Waals surface area contributed by atoms with E-state index < -0.39 is 0 Å². The lowest BCUT2D eigenvalue weighted by molar-refractivity contribution is -0.385. The van der Waals surface area contributed by atoms with Gasteiger partial charge in [-0.15, -0.1) is 11.3 Å². The minimum absolute atomic E-state index is 0.0263. The van der Waals surface area contributed by atoms with E-state index in [1.807, 2.05) is 19.1 Å². The average Bonchev–Trinajstić information content (AvgIpc) is 2.91. The monoisotopic (exact) mass is 276 g/mol. The highest BCUT2D eigenvalue weighted by Crippen LogP contribution is 2.24. The van der Waals surface area contributed by atoms with E-state index in [-0.39, 0.29) is 16.7 Å². The van der Waals surface area contributed by atoms with Gasteiger partial charge in [-0.25, -0.2) is 0 Å². The topological polar surface area (TPSA) is 55.2 Å². The van der Waals surface area contributed by atoms with Gasteiger partial charge >= 0.3 is 0 Å². The molecule has 4 nitrogen and oxygen atoms in total. The third-order valence-corrected chi connectivity index (χ3v) is 3.94. The zero-order valence-electron chi connectivity index (χ0n) is 10.7. The van der Waals surface area contributed by atoms with Crippen LogP contribution in [0.1, 0.15) is 23.4 Å². The van der Waals surface area contributed by atoms with Gasteiger partial charge in [0.15, 0.2) is 0 Å². The molecule has 0 aliphatic rings. The fourth-order valence-electron chi connectivity index (χ4n) is 2.00. The third kappa shape index (κ3) is 3.62. The molecule has 1 atom stereocenters. The Balaban J connectivity index is 1.96. The van der Waals surface area contributed by atoms with Crippen LogP contribution in [0.4, 0.5) is 5.69 Å². The quantitative estimate of drug-likeness (QED) is 0.648. The molecule has 0 radical (unpaired) electrons. The molecule has 100 valence electrons. The lowest BCUT2D eigenvalue weighted by atomic mass is 10.1. The van der Waals surface area contributed by atoms with Gasteiger partial charge in [0, 0.05) is 29.1 Å². The van der Waals surface area contributed by atoms with Gasteiger partial charge in [-0.1, -0.05) is 24.3 Å². The zero-order chi connectivity index (χ0) is 13.7. The van der Waals surface area contributed by atoms with Crippen molar-refractivity contribution in [3.8, 4) is 0 Å². The van der Waals surface area contributed by atoms with Crippen molar-refractivity contribution in [2.75, 3.05) is 6.54 Å². The summed E-state index contributed by atoms with van der Waals surface area (Å²) in [7, 11) is 0. The first kappa shape index (κ1) is 13.7. The van der Waals surface area contributed by atoms with Gasteiger partial charge in [-0.2, -0.15) is 0 Å². The highest BCUT2D eigenvalue weighted by atomic mass is 32.1. The summed E-state index contributed by atoms with van der Waals surface area (Å²) in [6.45, 7) is 2.77. The minimum Gasteiger partial charge on any atom is -0.310 e. The summed E-state index contributed by atoms with van der Waals surface area (Å²) in [6, 6.07) is 11.0. The van der Waals surface area contributed by atoms with E-state index in [1.54, 1.807) is 29.5 Å². The second kappa shape index (κ2) is 6.45. The van der Waals surface area contributed by atoms with Crippen LogP contribution in [-0.4, -0.2) is 11.5 Å². The minimum atomic E-state index is -0.327. The van der Waals surface area contributed by atoms with E-state index in [1.165, 1.54) is 4.88 Å². The van der Waals surface area contributed by atoms with Gasteiger partial charge in [0.05, 0.1) is 4.92 Å². The summed E-state index contributed by atoms with van der Waals surface area (Å²) in [4.78, 5) is 12.0. The van der Waals surface area contributed by atoms with Crippen LogP contribution in [-0.2, 0) is 6.42 Å². The Labute approximate surface area is 116 Å². The molecular weight excluding hydrogens is 260 g/mol. The highest BCUT2D eigenvalue weighted by molar-refractivity contribution is 7.09. The van der Waals surface area contributed by atoms with Crippen molar-refractivity contribution in [1.82, 2.24) is 5.32 Å². The van der Waals surface area contributed by atoms with Crippen molar-refractivity contribution >= 4 is 17.0 Å². The van der Waals surface area contributed by atoms with E-state index in [0.29, 0.717) is 0 Å². The summed E-state index contributed by atoms with van der Waals surface area (Å²) in [5.41, 5.74) is 0.914. The first-order valence-corrected chi connectivity index (χ1v) is 7.05. The summed E-state index contributed by atoms with van der Waals surface area (Å²) >= 11 is 1.73. The van der Waals surface area contributed by atoms with Gasteiger partial charge in [0.2, 0.25) is 0 Å². The predicted molar refractivity (Wildman–Crippen MR) is 77.5 cm³/mol. The number of hydrogen-bond acceptors (Lipinski definition) is 4. The Hall–Kier alpha value is -1.72. The molecule has 1 heterocycles. The summed E-state index contributed by atoms with van der Waals surface area (Å²) in [5.74, 6) is 0. The average molecular weight is 276 g/mol. The summed E-state index contributed by atoms with van der Waals surface area (Å²) in [6.07, 6.45) is 0.947. The Morgan fingerprint density at radius 3 is 2.79 bits per heavy atom. The van der Waals surface area contributed by atoms with Crippen LogP contribution in [0.5, 0.6) is 0 Å². The second-order valence-corrected chi connectivity index (χ2v) is 5.35. The number of para-hydroxylation sites is 1. The number of nitrogens with one attached hydrogen (secondary N) is 1. The molecule has 5 heteroatoms. The van der Waals surface area contributed by atoms with Gasteiger partial charge in [0.25, 0.3) is 5.69 Å². The van der Waals surface area contributed by atoms with Crippen molar-refractivity contribution in [1.29, 1.82) is 0 Å². The number of nitro groups is 1. The highest BCUT2D eigenvalue weighted by Gasteiger charge is 2.17. The van der Waals surface area contributed by atoms with E-state index in [2.05, 4.69) is 16.8 Å². The molecule has 2 aromatic rings. The van der Waals surface area contributed by atoms with E-state index in [4.69, 9.17) is 0 Å². The Morgan fingerprint density at radius 1 is 1.32 bits per heavy atom. The van der Waals surface area contributed by atoms with Gasteiger partial charge < -0.3 is 5.32 Å². The molecule has 1 aromatic heterocycles. The molecule has 0 saturated heterocycles. The van der Waals surface area contributed by atoms with Crippen molar-refractivity contribution in [3.05, 3.63) is 62.3 Å². The number of nitrogens with zero attached hydrogens (tertiary/aromatic N) is 1. The molecule has 0 spiro atoms. The largest absolute Gasteiger partial charge is 0.310 e. The second-order valence-electron chi connectivity index (χ2n) is 4.32. The predicted octanol–water partition coefficient (Wildman–Crippen LogP) is 3.55. The fourth-order valence-corrected chi connectivity index (χ4v) is 2.71. The van der Waals surface area contributed by atoms with E-state index in [9.17, 15) is 10.1 Å². The molecule has 1 N–H and O–H groups in total. The maximum Gasteiger partial charge on any atom is 0.274 e. The number of hydrogen-bond donors (Lipinski definition) is 1. The molecule has 19 heavy (non-hydrogen) atoms. The lowest BCUT2D eigenvalue weighted by Gasteiger charge is -2.13. The van der Waals surface area contributed by atoms with Crippen LogP contribution in [0.15, 0.2) is 41.8 Å². The fraction of sp³-hybridized carbons (Fsp3) is 0.286. The van der Waals surface area contributed by atoms with E-state index in [0.717, 1.165) is 18.5 Å². The molecule has 1 aromatic carbocycles. The van der Waals surface area contributed by atoms with Gasteiger partial charge in [-0.3, -0.25) is 10.1 Å². The van der Waals surface area contributed by atoms with Gasteiger partial charge in [-0.05, 0) is 24.8 Å². The van der Waals surface area contributed by atoms with Crippen molar-refractivity contribution in [3.63, 3.8) is 0 Å². The van der Waals surface area contributed by atoms with Crippen LogP contribution in [0.3, 0.4) is 0 Å². The number of thiophene rings is 1. The molecule has 0 aliphatic heterocycles. The maximum atomic E-state index is 11.0. The first-order chi connectivity index (χ1) is 9.18. The number of benzene rings is 1. The first-order valence-electron chi connectivity index (χ1n) is 6.17. The third-order valence-electron chi connectivity index (χ3n) is 3.00. The molecule has 1 unspecified atom stereocenters. The Bertz CT molecular complexity index is 540. The van der Waals surface area contributed by atoms with E-state index >= 15 is 0 Å². The molecule has 2 rings (SSSR count). The number of nitro benzene ring substituents is 1. The smallest absolute Gasteiger partial charge is 0.274 e. The van der Waals surface area contributed by atoms with Crippen molar-refractivity contribution in [2.45, 2.75) is 19.4 Å². The van der Waals surface area contributed by atoms with Crippen LogP contribution in [0.2, 0.25) is 0 Å². The van der Waals surface area contributed by atoms with Gasteiger partial charge in [0.1, 0.15) is 0 Å². The SMILES string of the molecule is CC(NCCc1cccs1)c1ccccc1[N+](=O)[O-]. The molecule has 0 bridgehead atoms. The number of rotatable bonds is 6. The van der Waals surface area contributed by atoms with Crippen LogP contribution in [0.25, 0.3) is 0 Å². The summed E-state index contributed by atoms with van der Waals surface area (Å²) < 4.78 is 0. The lowest BCUT2D eigenvalue weighted by Crippen LogP contribution is -2.21. The van der Waals surface area contributed by atoms with Crippen LogP contribution >= 0.6 is 11.3 Å². The Morgan fingerprint density at radius 2 is 2.11 bits per heavy atom. The molecule has 0 saturated carbocycles. The molecule has 0 fully saturated rings. The Kier molecular flexibility index (Phi) is 4.65. The summed E-state index contributed by atoms with van der Waals surface area (Å²) in [5, 5.41) is 16.4. The zero-order valence-corrected chi connectivity index (χ0v) is 11.5. The normalized spacial score (nSPS) is 12.3. The molecular formula is C14H16N2O2S. The maximum absolute atomic E-state index is 11.0. The standard InChI is InChI=1S/C14H16N2O2S/c1-11(15-9-8-12-5-4-10-19-12)13-6-2-3-7-14(13)16(17)18/h2-7,10-11,15H,8-9H2,1H3. The van der Waals surface area contributed by atoms with Crippen molar-refractivity contribution in [2.24, 2.45) is 0 Å². The molecule has 0 amide bonds. The van der Waals surface area contributed by atoms with Crippen LogP contribution in [0, 0.1) is 10.1 Å². The molecule has 0 aliphatic carbocycles. The van der Waals surface area contributed by atoms with Crippen molar-refractivity contribution < 1.29 is 4.92 Å². The van der Waals surface area contributed by atoms with Crippen LogP contribution < -0.4 is 5.32 Å².